The fourth-order valence-electron chi connectivity index (χ4n) is 2.71. The Morgan fingerprint density at radius 1 is 1.33 bits per heavy atom. The van der Waals surface area contributed by atoms with Gasteiger partial charge in [0.25, 0.3) is 0 Å². The highest BCUT2D eigenvalue weighted by Crippen LogP contribution is 2.37. The molecule has 2 unspecified atom stereocenters. The Balaban J connectivity index is 2.35. The Labute approximate surface area is 106 Å². The highest BCUT2D eigenvalue weighted by atomic mass is 19.1. The second-order valence-corrected chi connectivity index (χ2v) is 5.01. The van der Waals surface area contributed by atoms with Crippen LogP contribution in [-0.2, 0) is 4.74 Å². The molecule has 0 saturated carbocycles. The van der Waals surface area contributed by atoms with Gasteiger partial charge in [0.05, 0.1) is 11.6 Å². The third-order valence-corrected chi connectivity index (χ3v) is 3.67. The topological polar surface area (TPSA) is 21.3 Å². The molecule has 1 fully saturated rings. The van der Waals surface area contributed by atoms with Crippen molar-refractivity contribution in [2.75, 3.05) is 13.7 Å². The molecular weight excluding hydrogens is 236 g/mol. The van der Waals surface area contributed by atoms with Gasteiger partial charge in [0.1, 0.15) is 11.6 Å². The molecule has 0 bridgehead atoms. The zero-order chi connectivity index (χ0) is 13.2. The molecule has 0 aliphatic carbocycles. The van der Waals surface area contributed by atoms with E-state index >= 15 is 0 Å². The quantitative estimate of drug-likeness (QED) is 0.895. The molecule has 1 N–H and O–H groups in total. The normalized spacial score (nSPS) is 26.0. The van der Waals surface area contributed by atoms with Crippen LogP contribution in [0.1, 0.15) is 37.8 Å². The molecule has 2 nitrogen and oxygen atoms in total. The van der Waals surface area contributed by atoms with Gasteiger partial charge in [-0.2, -0.15) is 0 Å². The molecule has 1 heterocycles. The molecule has 4 heteroatoms. The van der Waals surface area contributed by atoms with Crippen LogP contribution < -0.4 is 5.32 Å². The standard InChI is InChI=1S/C14H19F2NO/c1-14(7-3-4-8-18-14)13(17-2)11-9-10(15)5-6-12(11)16/h5-6,9,13,17H,3-4,7-8H2,1-2H3. The molecular formula is C14H19F2NO. The minimum Gasteiger partial charge on any atom is -0.373 e. The van der Waals surface area contributed by atoms with Crippen molar-refractivity contribution < 1.29 is 13.5 Å². The van der Waals surface area contributed by atoms with Gasteiger partial charge in [-0.25, -0.2) is 8.78 Å². The molecule has 0 aromatic heterocycles. The summed E-state index contributed by atoms with van der Waals surface area (Å²) in [6.45, 7) is 2.63. The maximum atomic E-state index is 13.9. The van der Waals surface area contributed by atoms with Crippen molar-refractivity contribution in [1.82, 2.24) is 5.32 Å². The Bertz CT molecular complexity index is 416. The van der Waals surface area contributed by atoms with Crippen molar-refractivity contribution in [3.63, 3.8) is 0 Å². The smallest absolute Gasteiger partial charge is 0.128 e. The molecule has 2 atom stereocenters. The van der Waals surface area contributed by atoms with Gasteiger partial charge in [-0.1, -0.05) is 0 Å². The molecule has 0 spiro atoms. The minimum atomic E-state index is -0.484. The van der Waals surface area contributed by atoms with E-state index in [4.69, 9.17) is 4.74 Å². The third-order valence-electron chi connectivity index (χ3n) is 3.67. The number of hydrogen-bond acceptors (Lipinski definition) is 2. The Hall–Kier alpha value is -1.00. The van der Waals surface area contributed by atoms with Crippen molar-refractivity contribution in [2.45, 2.75) is 37.8 Å². The summed E-state index contributed by atoms with van der Waals surface area (Å²) < 4.78 is 33.0. The van der Waals surface area contributed by atoms with Crippen molar-refractivity contribution in [3.05, 3.63) is 35.4 Å². The lowest BCUT2D eigenvalue weighted by Gasteiger charge is -2.40. The highest BCUT2D eigenvalue weighted by Gasteiger charge is 2.38. The van der Waals surface area contributed by atoms with Gasteiger partial charge in [-0.05, 0) is 51.4 Å². The van der Waals surface area contributed by atoms with E-state index in [0.717, 1.165) is 25.3 Å². The van der Waals surface area contributed by atoms with E-state index in [2.05, 4.69) is 5.32 Å². The predicted octanol–water partition coefficient (Wildman–Crippen LogP) is 3.18. The second-order valence-electron chi connectivity index (χ2n) is 5.01. The van der Waals surface area contributed by atoms with E-state index in [0.29, 0.717) is 12.2 Å². The van der Waals surface area contributed by atoms with Gasteiger partial charge < -0.3 is 10.1 Å². The minimum absolute atomic E-state index is 0.335. The summed E-state index contributed by atoms with van der Waals surface area (Å²) >= 11 is 0. The Kier molecular flexibility index (Phi) is 3.97. The van der Waals surface area contributed by atoms with E-state index in [1.54, 1.807) is 7.05 Å². The van der Waals surface area contributed by atoms with Crippen LogP contribution in [0.15, 0.2) is 18.2 Å². The van der Waals surface area contributed by atoms with E-state index in [-0.39, 0.29) is 6.04 Å². The predicted molar refractivity (Wildman–Crippen MR) is 66.4 cm³/mol. The SMILES string of the molecule is CNC(c1cc(F)ccc1F)C1(C)CCCCO1. The highest BCUT2D eigenvalue weighted by molar-refractivity contribution is 5.25. The van der Waals surface area contributed by atoms with Gasteiger partial charge in [-0.3, -0.25) is 0 Å². The molecule has 2 rings (SSSR count). The largest absolute Gasteiger partial charge is 0.373 e. The average molecular weight is 255 g/mol. The molecule has 1 aliphatic heterocycles. The fourth-order valence-corrected chi connectivity index (χ4v) is 2.71. The summed E-state index contributed by atoms with van der Waals surface area (Å²) in [5.41, 5.74) is -0.149. The van der Waals surface area contributed by atoms with Crippen LogP contribution in [0.4, 0.5) is 8.78 Å². The first kappa shape index (κ1) is 13.4. The number of halogens is 2. The molecule has 1 aliphatic rings. The number of benzene rings is 1. The molecule has 1 aromatic rings. The lowest BCUT2D eigenvalue weighted by atomic mass is 9.84. The maximum absolute atomic E-state index is 13.9. The second kappa shape index (κ2) is 5.33. The van der Waals surface area contributed by atoms with Gasteiger partial charge in [0.15, 0.2) is 0 Å². The van der Waals surface area contributed by atoms with Crippen LogP contribution in [0, 0.1) is 11.6 Å². The summed E-state index contributed by atoms with van der Waals surface area (Å²) in [5, 5.41) is 3.06. The van der Waals surface area contributed by atoms with E-state index < -0.39 is 17.2 Å². The summed E-state index contributed by atoms with van der Waals surface area (Å²) in [6.07, 6.45) is 2.91. The van der Waals surface area contributed by atoms with Gasteiger partial charge >= 0.3 is 0 Å². The number of nitrogens with one attached hydrogen (secondary N) is 1. The van der Waals surface area contributed by atoms with Crippen LogP contribution in [0.2, 0.25) is 0 Å². The summed E-state index contributed by atoms with van der Waals surface area (Å²) in [6, 6.07) is 3.21. The van der Waals surface area contributed by atoms with Gasteiger partial charge in [-0.15, -0.1) is 0 Å². The molecule has 0 amide bonds. The lowest BCUT2D eigenvalue weighted by molar-refractivity contribution is -0.0891. The van der Waals surface area contributed by atoms with Crippen LogP contribution in [0.3, 0.4) is 0 Å². The number of rotatable bonds is 3. The van der Waals surface area contributed by atoms with Crippen molar-refractivity contribution in [3.8, 4) is 0 Å². The van der Waals surface area contributed by atoms with Crippen LogP contribution in [-0.4, -0.2) is 19.3 Å². The average Bonchev–Trinajstić information content (AvgIpc) is 2.35. The fraction of sp³-hybridized carbons (Fsp3) is 0.571. The molecule has 0 radical (unpaired) electrons. The van der Waals surface area contributed by atoms with Crippen molar-refractivity contribution >= 4 is 0 Å². The first-order chi connectivity index (χ1) is 8.57. The van der Waals surface area contributed by atoms with Crippen molar-refractivity contribution in [2.24, 2.45) is 0 Å². The number of hydrogen-bond donors (Lipinski definition) is 1. The third kappa shape index (κ3) is 2.54. The molecule has 18 heavy (non-hydrogen) atoms. The number of ether oxygens (including phenoxy) is 1. The number of likely N-dealkylation sites (N-methyl/N-ethyl adjacent to an activating group) is 1. The van der Waals surface area contributed by atoms with E-state index in [9.17, 15) is 8.78 Å². The van der Waals surface area contributed by atoms with E-state index in [1.165, 1.54) is 12.1 Å². The van der Waals surface area contributed by atoms with Crippen LogP contribution in [0.25, 0.3) is 0 Å². The molecule has 1 saturated heterocycles. The Morgan fingerprint density at radius 2 is 2.11 bits per heavy atom. The summed E-state index contributed by atoms with van der Waals surface area (Å²) in [5.74, 6) is -0.822. The first-order valence-electron chi connectivity index (χ1n) is 6.33. The molecule has 1 aromatic carbocycles. The zero-order valence-electron chi connectivity index (χ0n) is 10.8. The Morgan fingerprint density at radius 3 is 2.72 bits per heavy atom. The maximum Gasteiger partial charge on any atom is 0.128 e. The van der Waals surface area contributed by atoms with Gasteiger partial charge in [0, 0.05) is 12.2 Å². The van der Waals surface area contributed by atoms with Gasteiger partial charge in [0.2, 0.25) is 0 Å². The van der Waals surface area contributed by atoms with Crippen LogP contribution >= 0.6 is 0 Å². The summed E-state index contributed by atoms with van der Waals surface area (Å²) in [7, 11) is 1.75. The van der Waals surface area contributed by atoms with Crippen LogP contribution in [0.5, 0.6) is 0 Å². The zero-order valence-corrected chi connectivity index (χ0v) is 10.8. The lowest BCUT2D eigenvalue weighted by Crippen LogP contribution is -2.45. The first-order valence-corrected chi connectivity index (χ1v) is 6.33. The van der Waals surface area contributed by atoms with E-state index in [1.807, 2.05) is 6.92 Å². The van der Waals surface area contributed by atoms with Crippen molar-refractivity contribution in [1.29, 1.82) is 0 Å². The molecule has 100 valence electrons. The monoisotopic (exact) mass is 255 g/mol. The summed E-state index contributed by atoms with van der Waals surface area (Å²) in [4.78, 5) is 0.